The Morgan fingerprint density at radius 2 is 2.35 bits per heavy atom. The molecule has 0 aliphatic carbocycles. The first-order valence-corrected chi connectivity index (χ1v) is 4.96. The Balaban J connectivity index is 2.99. The molecule has 1 heterocycles. The fourth-order valence-corrected chi connectivity index (χ4v) is 1.32. The highest BCUT2D eigenvalue weighted by molar-refractivity contribution is 6.08. The molecule has 0 aliphatic rings. The van der Waals surface area contributed by atoms with Crippen LogP contribution in [-0.4, -0.2) is 16.5 Å². The standard InChI is InChI=1S/C11H12N4O2/c1-2-15-5-3-4-9(15)6-8(7-12)10(16)14-11(13)17/h3-6H,2H2,1H3,(H3,13,14,16,17)/b8-6-. The molecule has 0 spiro atoms. The first-order valence-electron chi connectivity index (χ1n) is 4.96. The number of primary amides is 1. The maximum absolute atomic E-state index is 11.4. The lowest BCUT2D eigenvalue weighted by molar-refractivity contribution is -0.115. The highest BCUT2D eigenvalue weighted by Crippen LogP contribution is 2.08. The third-order valence-corrected chi connectivity index (χ3v) is 2.10. The predicted molar refractivity (Wildman–Crippen MR) is 61.4 cm³/mol. The second-order valence-corrected chi connectivity index (χ2v) is 3.21. The molecule has 0 unspecified atom stereocenters. The van der Waals surface area contributed by atoms with Crippen molar-refractivity contribution >= 4 is 18.0 Å². The van der Waals surface area contributed by atoms with E-state index in [1.807, 2.05) is 23.0 Å². The lowest BCUT2D eigenvalue weighted by atomic mass is 10.2. The van der Waals surface area contributed by atoms with Crippen molar-refractivity contribution in [2.24, 2.45) is 5.73 Å². The number of imide groups is 1. The smallest absolute Gasteiger partial charge is 0.319 e. The molecule has 6 nitrogen and oxygen atoms in total. The van der Waals surface area contributed by atoms with Crippen LogP contribution in [0.15, 0.2) is 23.9 Å². The average Bonchev–Trinajstić information content (AvgIpc) is 2.71. The Morgan fingerprint density at radius 3 is 2.88 bits per heavy atom. The fourth-order valence-electron chi connectivity index (χ4n) is 1.32. The van der Waals surface area contributed by atoms with E-state index in [0.717, 1.165) is 6.54 Å². The van der Waals surface area contributed by atoms with Gasteiger partial charge in [0, 0.05) is 18.4 Å². The van der Waals surface area contributed by atoms with E-state index in [4.69, 9.17) is 11.0 Å². The van der Waals surface area contributed by atoms with E-state index < -0.39 is 11.9 Å². The van der Waals surface area contributed by atoms with Crippen molar-refractivity contribution in [3.63, 3.8) is 0 Å². The van der Waals surface area contributed by atoms with E-state index in [-0.39, 0.29) is 5.57 Å². The maximum Gasteiger partial charge on any atom is 0.319 e. The Labute approximate surface area is 98.3 Å². The van der Waals surface area contributed by atoms with Crippen LogP contribution in [0.5, 0.6) is 0 Å². The molecule has 0 fully saturated rings. The third kappa shape index (κ3) is 3.21. The number of hydrogen-bond acceptors (Lipinski definition) is 3. The van der Waals surface area contributed by atoms with Crippen molar-refractivity contribution in [2.45, 2.75) is 13.5 Å². The minimum absolute atomic E-state index is 0.169. The maximum atomic E-state index is 11.4. The number of nitriles is 1. The summed E-state index contributed by atoms with van der Waals surface area (Å²) in [5.74, 6) is -0.802. The number of urea groups is 1. The van der Waals surface area contributed by atoms with Crippen LogP contribution in [0, 0.1) is 11.3 Å². The Morgan fingerprint density at radius 1 is 1.65 bits per heavy atom. The number of aromatic nitrogens is 1. The largest absolute Gasteiger partial charge is 0.351 e. The number of nitrogens with two attached hydrogens (primary N) is 1. The zero-order chi connectivity index (χ0) is 12.8. The monoisotopic (exact) mass is 232 g/mol. The zero-order valence-electron chi connectivity index (χ0n) is 9.30. The molecule has 0 saturated carbocycles. The summed E-state index contributed by atoms with van der Waals surface area (Å²) in [5.41, 5.74) is 5.35. The van der Waals surface area contributed by atoms with Crippen LogP contribution in [0.25, 0.3) is 6.08 Å². The van der Waals surface area contributed by atoms with Gasteiger partial charge < -0.3 is 10.3 Å². The first kappa shape index (κ1) is 12.5. The van der Waals surface area contributed by atoms with Gasteiger partial charge in [-0.3, -0.25) is 10.1 Å². The van der Waals surface area contributed by atoms with Gasteiger partial charge in [0.2, 0.25) is 0 Å². The number of aryl methyl sites for hydroxylation is 1. The number of rotatable bonds is 3. The number of hydrogen-bond donors (Lipinski definition) is 2. The minimum atomic E-state index is -0.984. The minimum Gasteiger partial charge on any atom is -0.351 e. The summed E-state index contributed by atoms with van der Waals surface area (Å²) in [6, 6.07) is 4.30. The number of nitrogens with zero attached hydrogens (tertiary/aromatic N) is 2. The molecule has 0 saturated heterocycles. The number of carbonyl (C=O) groups is 2. The number of amides is 3. The first-order chi connectivity index (χ1) is 8.08. The molecule has 0 aromatic carbocycles. The van der Waals surface area contributed by atoms with E-state index in [2.05, 4.69) is 0 Å². The van der Waals surface area contributed by atoms with E-state index in [1.165, 1.54) is 6.08 Å². The molecular weight excluding hydrogens is 220 g/mol. The highest BCUT2D eigenvalue weighted by Gasteiger charge is 2.11. The van der Waals surface area contributed by atoms with Gasteiger partial charge in [-0.1, -0.05) is 0 Å². The van der Waals surface area contributed by atoms with Gasteiger partial charge in [-0.15, -0.1) is 0 Å². The SMILES string of the molecule is CCn1cccc1/C=C(/C#N)C(=O)NC(N)=O. The third-order valence-electron chi connectivity index (χ3n) is 2.10. The van der Waals surface area contributed by atoms with Gasteiger partial charge in [0.05, 0.1) is 0 Å². The molecule has 0 atom stereocenters. The summed E-state index contributed by atoms with van der Waals surface area (Å²) in [5, 5.41) is 10.7. The summed E-state index contributed by atoms with van der Waals surface area (Å²) in [6.45, 7) is 2.65. The molecule has 88 valence electrons. The summed E-state index contributed by atoms with van der Waals surface area (Å²) >= 11 is 0. The van der Waals surface area contributed by atoms with Crippen LogP contribution >= 0.6 is 0 Å². The molecule has 0 bridgehead atoms. The molecule has 1 rings (SSSR count). The lowest BCUT2D eigenvalue weighted by Crippen LogP contribution is -2.35. The second kappa shape index (κ2) is 5.51. The van der Waals surface area contributed by atoms with Crippen LogP contribution < -0.4 is 11.1 Å². The van der Waals surface area contributed by atoms with Crippen LogP contribution in [0.1, 0.15) is 12.6 Å². The summed E-state index contributed by atoms with van der Waals surface area (Å²) in [6.07, 6.45) is 3.23. The normalized spacial score (nSPS) is 10.7. The van der Waals surface area contributed by atoms with Crippen LogP contribution in [-0.2, 0) is 11.3 Å². The van der Waals surface area contributed by atoms with Crippen LogP contribution in [0.4, 0.5) is 4.79 Å². The van der Waals surface area contributed by atoms with Gasteiger partial charge in [-0.25, -0.2) is 4.79 Å². The lowest BCUT2D eigenvalue weighted by Gasteiger charge is -2.02. The molecule has 0 radical (unpaired) electrons. The fraction of sp³-hybridized carbons (Fsp3) is 0.182. The molecule has 6 heteroatoms. The molecule has 3 N–H and O–H groups in total. The Kier molecular flexibility index (Phi) is 4.06. The van der Waals surface area contributed by atoms with Crippen LogP contribution in [0.2, 0.25) is 0 Å². The molecule has 17 heavy (non-hydrogen) atoms. The van der Waals surface area contributed by atoms with Crippen molar-refractivity contribution in [2.75, 3.05) is 0 Å². The van der Waals surface area contributed by atoms with E-state index in [9.17, 15) is 9.59 Å². The van der Waals surface area contributed by atoms with Gasteiger partial charge in [0.1, 0.15) is 11.6 Å². The second-order valence-electron chi connectivity index (χ2n) is 3.21. The predicted octanol–water partition coefficient (Wildman–Crippen LogP) is 0.610. The molecule has 1 aromatic rings. The van der Waals surface area contributed by atoms with Gasteiger partial charge in [-0.05, 0) is 25.1 Å². The van der Waals surface area contributed by atoms with Crippen molar-refractivity contribution in [1.82, 2.24) is 9.88 Å². The molecular formula is C11H12N4O2. The van der Waals surface area contributed by atoms with Crippen molar-refractivity contribution in [3.05, 3.63) is 29.6 Å². The van der Waals surface area contributed by atoms with E-state index >= 15 is 0 Å². The summed E-state index contributed by atoms with van der Waals surface area (Å²) in [4.78, 5) is 21.9. The van der Waals surface area contributed by atoms with Gasteiger partial charge in [0.15, 0.2) is 0 Å². The zero-order valence-corrected chi connectivity index (χ0v) is 9.30. The summed E-state index contributed by atoms with van der Waals surface area (Å²) < 4.78 is 1.86. The van der Waals surface area contributed by atoms with Gasteiger partial charge in [0.25, 0.3) is 5.91 Å². The highest BCUT2D eigenvalue weighted by atomic mass is 16.2. The Bertz CT molecular complexity index is 508. The number of nitrogens with one attached hydrogen (secondary N) is 1. The van der Waals surface area contributed by atoms with Crippen molar-refractivity contribution in [1.29, 1.82) is 5.26 Å². The van der Waals surface area contributed by atoms with Crippen LogP contribution in [0.3, 0.4) is 0 Å². The Hall–Kier alpha value is -2.55. The topological polar surface area (TPSA) is 101 Å². The average molecular weight is 232 g/mol. The van der Waals surface area contributed by atoms with Crippen molar-refractivity contribution < 1.29 is 9.59 Å². The van der Waals surface area contributed by atoms with E-state index in [0.29, 0.717) is 5.69 Å². The quantitative estimate of drug-likeness (QED) is 0.589. The van der Waals surface area contributed by atoms with Gasteiger partial charge in [-0.2, -0.15) is 5.26 Å². The molecule has 3 amide bonds. The van der Waals surface area contributed by atoms with Gasteiger partial charge >= 0.3 is 6.03 Å². The van der Waals surface area contributed by atoms with E-state index in [1.54, 1.807) is 18.2 Å². The number of carbonyl (C=O) groups excluding carboxylic acids is 2. The molecule has 1 aromatic heterocycles. The summed E-state index contributed by atoms with van der Waals surface area (Å²) in [7, 11) is 0. The van der Waals surface area contributed by atoms with Crippen molar-refractivity contribution in [3.8, 4) is 6.07 Å². The molecule has 0 aliphatic heterocycles.